The Morgan fingerprint density at radius 3 is 2.31 bits per heavy atom. The van der Waals surface area contributed by atoms with E-state index in [4.69, 9.17) is 0 Å². The van der Waals surface area contributed by atoms with Crippen molar-refractivity contribution in [2.45, 2.75) is 114 Å². The molecule has 4 aliphatic heterocycles. The van der Waals surface area contributed by atoms with Gasteiger partial charge in [-0.25, -0.2) is 27.4 Å². The molecular formula is C52H62N6O13S3. The number of hydrogen-bond acceptors (Lipinski definition) is 12. The van der Waals surface area contributed by atoms with E-state index in [1.165, 1.54) is 12.1 Å². The van der Waals surface area contributed by atoms with Gasteiger partial charge in [-0.3, -0.25) is 14.1 Å². The van der Waals surface area contributed by atoms with Gasteiger partial charge in [-0.2, -0.15) is 20.2 Å². The van der Waals surface area contributed by atoms with Gasteiger partial charge in [0, 0.05) is 67.7 Å². The highest BCUT2D eigenvalue weighted by molar-refractivity contribution is 8.00. The fourth-order valence-electron chi connectivity index (χ4n) is 10.8. The van der Waals surface area contributed by atoms with Crippen LogP contribution in [-0.4, -0.2) is 138 Å². The molecule has 0 radical (unpaired) electrons. The number of carboxylic acids is 2. The summed E-state index contributed by atoms with van der Waals surface area (Å²) in [5.74, 6) is -4.37. The zero-order valence-electron chi connectivity index (χ0n) is 42.0. The average Bonchev–Trinajstić information content (AvgIpc) is 3.86. The van der Waals surface area contributed by atoms with Crippen LogP contribution >= 0.6 is 11.8 Å². The topological polar surface area (TPSA) is 292 Å². The van der Waals surface area contributed by atoms with Crippen LogP contribution in [0.1, 0.15) is 127 Å². The Labute approximate surface area is 434 Å². The van der Waals surface area contributed by atoms with Crippen LogP contribution in [0.25, 0.3) is 16.7 Å². The summed E-state index contributed by atoms with van der Waals surface area (Å²) >= 11 is 1.82. The van der Waals surface area contributed by atoms with E-state index in [1.54, 1.807) is 24.3 Å². The van der Waals surface area contributed by atoms with Gasteiger partial charge >= 0.3 is 18.0 Å². The highest BCUT2D eigenvalue weighted by Crippen LogP contribution is 2.44. The molecule has 74 heavy (non-hydrogen) atoms. The number of hydrogen-bond donors (Lipinski definition) is 7. The SMILES string of the molecule is CN1c2cc3c(cc2C(CS(=O)(=O)[O-])=CC1(C)C)C(c1ccc(C(=O)N[C@@H](CCCCNC(=O)CCCC[C@@H]2SC[C@@H]4NC(=O)N[C@@H]42)C(=O)O)cc1C(=O)O)=c1cc2c(cc1C3)=[N+](C)C(C)(C)C=C2CS(=O)(=O)O. The van der Waals surface area contributed by atoms with E-state index in [1.807, 2.05) is 75.2 Å². The molecule has 19 nitrogen and oxygen atoms in total. The van der Waals surface area contributed by atoms with Crippen molar-refractivity contribution in [3.8, 4) is 0 Å². The second-order valence-electron chi connectivity index (χ2n) is 20.9. The Bertz CT molecular complexity index is 3310. The Morgan fingerprint density at radius 1 is 0.892 bits per heavy atom. The first-order chi connectivity index (χ1) is 34.6. The lowest BCUT2D eigenvalue weighted by molar-refractivity contribution is -0.139. The Kier molecular flexibility index (Phi) is 15.1. The third-order valence-electron chi connectivity index (χ3n) is 14.9. The number of benzene rings is 3. The summed E-state index contributed by atoms with van der Waals surface area (Å²) in [7, 11) is -5.62. The minimum Gasteiger partial charge on any atom is -0.748 e. The lowest BCUT2D eigenvalue weighted by atomic mass is 9.77. The number of carbonyl (C=O) groups excluding carboxylic acids is 3. The molecule has 22 heteroatoms. The number of fused-ring (bicyclic) bond motifs is 5. The number of thioether (sulfide) groups is 1. The fraction of sp³-hybridized carbons (Fsp3) is 0.462. The number of urea groups is 1. The summed E-state index contributed by atoms with van der Waals surface area (Å²) in [5.41, 5.74) is 2.60. The molecule has 0 spiro atoms. The number of anilines is 1. The largest absolute Gasteiger partial charge is 0.748 e. The Morgan fingerprint density at radius 2 is 1.62 bits per heavy atom. The third-order valence-corrected chi connectivity index (χ3v) is 17.8. The van der Waals surface area contributed by atoms with Crippen LogP contribution < -0.4 is 41.3 Å². The number of likely N-dealkylation sites (N-methyl/N-ethyl adjacent to an activating group) is 2. The minimum atomic E-state index is -4.78. The molecule has 5 aliphatic rings. The fourth-order valence-corrected chi connectivity index (χ4v) is 13.6. The van der Waals surface area contributed by atoms with Crippen LogP contribution in [0, 0.1) is 0 Å². The highest BCUT2D eigenvalue weighted by atomic mass is 32.2. The summed E-state index contributed by atoms with van der Waals surface area (Å²) in [5, 5.41) is 33.8. The summed E-state index contributed by atoms with van der Waals surface area (Å²) in [6.45, 7) is 7.86. The summed E-state index contributed by atoms with van der Waals surface area (Å²) in [6, 6.07) is 10.0. The van der Waals surface area contributed by atoms with E-state index in [9.17, 15) is 60.1 Å². The molecule has 2 fully saturated rings. The number of aromatic carboxylic acids is 1. The summed E-state index contributed by atoms with van der Waals surface area (Å²) in [4.78, 5) is 65.8. The van der Waals surface area contributed by atoms with E-state index in [-0.39, 0.29) is 52.7 Å². The predicted octanol–water partition coefficient (Wildman–Crippen LogP) is 3.07. The van der Waals surface area contributed by atoms with Crippen LogP contribution in [-0.2, 0) is 36.2 Å². The van der Waals surface area contributed by atoms with Crippen molar-refractivity contribution in [2.75, 3.05) is 42.8 Å². The summed E-state index contributed by atoms with van der Waals surface area (Å²) in [6.07, 6.45) is 7.26. The van der Waals surface area contributed by atoms with Gasteiger partial charge in [0.15, 0.2) is 5.54 Å². The quantitative estimate of drug-likeness (QED) is 0.0307. The lowest BCUT2D eigenvalue weighted by Crippen LogP contribution is -2.48. The number of nitrogens with zero attached hydrogens (tertiary/aromatic N) is 2. The van der Waals surface area contributed by atoms with Gasteiger partial charge in [0.05, 0.1) is 44.6 Å². The number of nitrogens with one attached hydrogen (secondary N) is 4. The number of aliphatic carboxylic acids is 1. The van der Waals surface area contributed by atoms with E-state index in [0.29, 0.717) is 88.0 Å². The smallest absolute Gasteiger partial charge is 0.336 e. The zero-order valence-corrected chi connectivity index (χ0v) is 44.5. The van der Waals surface area contributed by atoms with Crippen molar-refractivity contribution in [1.82, 2.24) is 25.8 Å². The highest BCUT2D eigenvalue weighted by Gasteiger charge is 2.43. The summed E-state index contributed by atoms with van der Waals surface area (Å²) < 4.78 is 74.0. The maximum atomic E-state index is 13.8. The van der Waals surface area contributed by atoms with Crippen molar-refractivity contribution < 1.29 is 60.1 Å². The van der Waals surface area contributed by atoms with Crippen LogP contribution in [0.4, 0.5) is 10.5 Å². The molecule has 0 saturated carbocycles. The van der Waals surface area contributed by atoms with Gasteiger partial charge in [0.25, 0.3) is 16.0 Å². The minimum absolute atomic E-state index is 0.0183. The molecule has 0 aromatic heterocycles. The van der Waals surface area contributed by atoms with Crippen LogP contribution in [0.2, 0.25) is 0 Å². The zero-order chi connectivity index (χ0) is 53.8. The molecule has 2 saturated heterocycles. The number of carbonyl (C=O) groups is 5. The van der Waals surface area contributed by atoms with E-state index in [0.717, 1.165) is 35.8 Å². The Hall–Kier alpha value is -6.07. The molecule has 0 unspecified atom stereocenters. The molecule has 396 valence electrons. The molecule has 3 aromatic rings. The van der Waals surface area contributed by atoms with Crippen molar-refractivity contribution in [2.24, 2.45) is 0 Å². The first kappa shape index (κ1) is 54.2. The van der Waals surface area contributed by atoms with E-state index in [2.05, 4.69) is 21.3 Å². The molecular weight excluding hydrogens is 1010 g/mol. The normalized spacial score (nSPS) is 20.6. The molecule has 0 bridgehead atoms. The van der Waals surface area contributed by atoms with Crippen LogP contribution in [0.15, 0.2) is 54.6 Å². The Balaban J connectivity index is 1.07. The first-order valence-corrected chi connectivity index (χ1v) is 28.7. The number of carboxylic acid groups (broad SMARTS) is 2. The third kappa shape index (κ3) is 11.6. The molecule has 4 heterocycles. The van der Waals surface area contributed by atoms with E-state index >= 15 is 0 Å². The van der Waals surface area contributed by atoms with Crippen molar-refractivity contribution in [1.29, 1.82) is 0 Å². The van der Waals surface area contributed by atoms with Gasteiger partial charge in [-0.05, 0) is 133 Å². The van der Waals surface area contributed by atoms with Gasteiger partial charge in [-0.15, -0.1) is 0 Å². The van der Waals surface area contributed by atoms with Crippen molar-refractivity contribution in [3.05, 3.63) is 110 Å². The maximum Gasteiger partial charge on any atom is 0.336 e. The van der Waals surface area contributed by atoms with Crippen LogP contribution in [0.3, 0.4) is 0 Å². The van der Waals surface area contributed by atoms with Gasteiger partial charge in [0.2, 0.25) is 11.3 Å². The average molecular weight is 1080 g/mol. The second-order valence-corrected chi connectivity index (χ2v) is 25.1. The maximum absolute atomic E-state index is 13.8. The number of amides is 4. The predicted molar refractivity (Wildman–Crippen MR) is 280 cm³/mol. The molecule has 7 N–H and O–H groups in total. The number of rotatable bonds is 19. The molecule has 1 aliphatic carbocycles. The monoisotopic (exact) mass is 1070 g/mol. The second kappa shape index (κ2) is 20.6. The lowest BCUT2D eigenvalue weighted by Gasteiger charge is -2.42. The molecule has 4 amide bonds. The molecule has 3 aromatic carbocycles. The van der Waals surface area contributed by atoms with Gasteiger partial charge in [0.1, 0.15) is 18.8 Å². The van der Waals surface area contributed by atoms with Crippen molar-refractivity contribution >= 4 is 84.2 Å². The van der Waals surface area contributed by atoms with Crippen LogP contribution in [0.5, 0.6) is 0 Å². The van der Waals surface area contributed by atoms with Gasteiger partial charge < -0.3 is 40.9 Å². The van der Waals surface area contributed by atoms with E-state index < -0.39 is 66.7 Å². The molecule has 8 rings (SSSR count). The number of unbranched alkanes of at least 4 members (excludes halogenated alkanes) is 2. The molecule has 4 atom stereocenters. The van der Waals surface area contributed by atoms with Crippen molar-refractivity contribution in [3.63, 3.8) is 0 Å². The first-order valence-electron chi connectivity index (χ1n) is 24.5. The standard InChI is InChI=1S/C52H62N6O13S3/c1-51(2)23-31(26-73(66,67)68)34-21-36-29(19-41(34)57(51)5)17-30-20-42-35(32(27-74(69,70)71)24-52(3,4)58(42)6)22-37(30)45(36)33-15-14-28(18-38(33)48(61)62)47(60)54-39(49(63)64)11-9-10-16-53-44(59)13-8-7-12-43-46-40(25-72-43)55-50(65)56-46/h14-15,18-24,39-40,43,46H,7-13,16-17,25-27H2,1-6H3,(H7-,53,54,55,56,59,60,61,62,63,64,65,66,67,68,69,70,71)/t39-,40-,43-,46-/m0/s1. The van der Waals surface area contributed by atoms with Gasteiger partial charge in [-0.1, -0.05) is 18.6 Å².